The third kappa shape index (κ3) is 3.23. The van der Waals surface area contributed by atoms with Crippen LogP contribution in [-0.2, 0) is 0 Å². The van der Waals surface area contributed by atoms with Gasteiger partial charge in [-0.25, -0.2) is 0 Å². The number of piperidine rings is 1. The number of benzene rings is 1. The third-order valence-corrected chi connectivity index (χ3v) is 5.75. The van der Waals surface area contributed by atoms with Gasteiger partial charge in [-0.1, -0.05) is 13.3 Å². The van der Waals surface area contributed by atoms with Gasteiger partial charge in [-0.15, -0.1) is 0 Å². The van der Waals surface area contributed by atoms with Crippen LogP contribution in [0.1, 0.15) is 69.7 Å². The predicted octanol–water partition coefficient (Wildman–Crippen LogP) is 3.36. The summed E-state index contributed by atoms with van der Waals surface area (Å²) in [7, 11) is 0. The minimum Gasteiger partial charge on any atom is -0.351 e. The quantitative estimate of drug-likeness (QED) is 0.749. The predicted molar refractivity (Wildman–Crippen MR) is 105 cm³/mol. The molecule has 28 heavy (non-hydrogen) atoms. The summed E-state index contributed by atoms with van der Waals surface area (Å²) in [6, 6.07) is 9.36. The maximum absolute atomic E-state index is 12.9. The van der Waals surface area contributed by atoms with Crippen LogP contribution in [0.5, 0.6) is 0 Å². The monoisotopic (exact) mass is 379 g/mol. The minimum absolute atomic E-state index is 0.0685. The molecule has 0 bridgehead atoms. The van der Waals surface area contributed by atoms with Crippen molar-refractivity contribution in [2.45, 2.75) is 38.6 Å². The van der Waals surface area contributed by atoms with E-state index in [-0.39, 0.29) is 17.7 Å². The van der Waals surface area contributed by atoms with Gasteiger partial charge in [0.25, 0.3) is 17.7 Å². The third-order valence-electron chi connectivity index (χ3n) is 5.75. The van der Waals surface area contributed by atoms with E-state index in [0.29, 0.717) is 42.4 Å². The molecule has 3 heterocycles. The number of aromatic nitrogens is 1. The van der Waals surface area contributed by atoms with Gasteiger partial charge in [0.05, 0.1) is 11.1 Å². The van der Waals surface area contributed by atoms with Crippen molar-refractivity contribution in [1.82, 2.24) is 14.4 Å². The van der Waals surface area contributed by atoms with Crippen LogP contribution >= 0.6 is 0 Å². The van der Waals surface area contributed by atoms with E-state index in [0.717, 1.165) is 25.7 Å². The first kappa shape index (κ1) is 18.5. The summed E-state index contributed by atoms with van der Waals surface area (Å²) in [6.45, 7) is 3.83. The Bertz CT molecular complexity index is 896. The Hall–Kier alpha value is -2.89. The molecule has 0 spiro atoms. The molecule has 3 amide bonds. The largest absolute Gasteiger partial charge is 0.351 e. The van der Waals surface area contributed by atoms with E-state index in [1.165, 1.54) is 4.90 Å². The Morgan fingerprint density at radius 3 is 2.39 bits per heavy atom. The van der Waals surface area contributed by atoms with Gasteiger partial charge in [0, 0.05) is 43.6 Å². The molecule has 0 radical (unpaired) electrons. The number of carbonyl (C=O) groups is 3. The SMILES string of the molecule is CCCCN1C(=O)c2ccc(C(=O)N3CCC(n4cccc4)CC3)cc2C1=O. The maximum atomic E-state index is 12.9. The highest BCUT2D eigenvalue weighted by molar-refractivity contribution is 6.22. The molecule has 2 aliphatic heterocycles. The maximum Gasteiger partial charge on any atom is 0.261 e. The fourth-order valence-electron chi connectivity index (χ4n) is 4.08. The molecule has 1 saturated heterocycles. The van der Waals surface area contributed by atoms with Crippen molar-refractivity contribution >= 4 is 17.7 Å². The summed E-state index contributed by atoms with van der Waals surface area (Å²) in [4.78, 5) is 41.2. The number of hydrogen-bond acceptors (Lipinski definition) is 3. The van der Waals surface area contributed by atoms with Crippen LogP contribution in [0, 0.1) is 0 Å². The van der Waals surface area contributed by atoms with Crippen molar-refractivity contribution in [2.75, 3.05) is 19.6 Å². The lowest BCUT2D eigenvalue weighted by Crippen LogP contribution is -2.39. The second-order valence-corrected chi connectivity index (χ2v) is 7.53. The fraction of sp³-hybridized carbons (Fsp3) is 0.409. The van der Waals surface area contributed by atoms with Crippen LogP contribution in [0.15, 0.2) is 42.7 Å². The lowest BCUT2D eigenvalue weighted by Gasteiger charge is -2.33. The Morgan fingerprint density at radius 1 is 1.04 bits per heavy atom. The number of rotatable bonds is 5. The average molecular weight is 379 g/mol. The number of carbonyl (C=O) groups excluding carboxylic acids is 3. The van der Waals surface area contributed by atoms with Crippen LogP contribution in [0.4, 0.5) is 0 Å². The molecule has 1 aromatic heterocycles. The van der Waals surface area contributed by atoms with E-state index < -0.39 is 0 Å². The smallest absolute Gasteiger partial charge is 0.261 e. The molecule has 0 N–H and O–H groups in total. The zero-order chi connectivity index (χ0) is 19.7. The van der Waals surface area contributed by atoms with Gasteiger partial charge in [-0.2, -0.15) is 0 Å². The fourth-order valence-corrected chi connectivity index (χ4v) is 4.08. The summed E-state index contributed by atoms with van der Waals surface area (Å²) in [6.07, 6.45) is 7.65. The number of imide groups is 1. The number of unbranched alkanes of at least 4 members (excludes halogenated alkanes) is 1. The molecule has 2 aromatic rings. The van der Waals surface area contributed by atoms with Gasteiger partial charge in [0.1, 0.15) is 0 Å². The van der Waals surface area contributed by atoms with Crippen molar-refractivity contribution in [3.05, 3.63) is 59.4 Å². The van der Waals surface area contributed by atoms with E-state index in [1.807, 2.05) is 24.0 Å². The van der Waals surface area contributed by atoms with E-state index >= 15 is 0 Å². The lowest BCUT2D eigenvalue weighted by molar-refractivity contribution is 0.0651. The standard InChI is InChI=1S/C22H25N3O3/c1-2-3-12-25-21(27)18-7-6-16(15-19(18)22(25)28)20(26)24-13-8-17(9-14-24)23-10-4-5-11-23/h4-7,10-11,15,17H,2-3,8-9,12-14H2,1H3. The topological polar surface area (TPSA) is 62.6 Å². The van der Waals surface area contributed by atoms with Crippen LogP contribution in [0.2, 0.25) is 0 Å². The normalized spacial score (nSPS) is 17.3. The second-order valence-electron chi connectivity index (χ2n) is 7.53. The van der Waals surface area contributed by atoms with Gasteiger partial charge in [0.15, 0.2) is 0 Å². The average Bonchev–Trinajstić information content (AvgIpc) is 3.34. The summed E-state index contributed by atoms with van der Waals surface area (Å²) < 4.78 is 2.20. The number of likely N-dealkylation sites (tertiary alicyclic amines) is 1. The zero-order valence-electron chi connectivity index (χ0n) is 16.1. The van der Waals surface area contributed by atoms with Crippen molar-refractivity contribution in [3.8, 4) is 0 Å². The molecule has 0 aliphatic carbocycles. The molecule has 0 atom stereocenters. The highest BCUT2D eigenvalue weighted by Crippen LogP contribution is 2.27. The molecule has 0 saturated carbocycles. The van der Waals surface area contributed by atoms with Gasteiger partial charge in [-0.3, -0.25) is 19.3 Å². The summed E-state index contributed by atoms with van der Waals surface area (Å²) >= 11 is 0. The molecular weight excluding hydrogens is 354 g/mol. The Morgan fingerprint density at radius 2 is 1.71 bits per heavy atom. The summed E-state index contributed by atoms with van der Waals surface area (Å²) in [5.41, 5.74) is 1.25. The van der Waals surface area contributed by atoms with Crippen LogP contribution in [-0.4, -0.2) is 51.7 Å². The zero-order valence-corrected chi connectivity index (χ0v) is 16.1. The van der Waals surface area contributed by atoms with E-state index in [2.05, 4.69) is 17.0 Å². The van der Waals surface area contributed by atoms with Gasteiger partial charge in [-0.05, 0) is 49.6 Å². The molecule has 6 heteroatoms. The Balaban J connectivity index is 1.46. The highest BCUT2D eigenvalue weighted by atomic mass is 16.2. The molecule has 4 rings (SSSR count). The summed E-state index contributed by atoms with van der Waals surface area (Å²) in [5, 5.41) is 0. The first-order valence-corrected chi connectivity index (χ1v) is 10.0. The van der Waals surface area contributed by atoms with E-state index in [1.54, 1.807) is 18.2 Å². The molecular formula is C22H25N3O3. The van der Waals surface area contributed by atoms with Gasteiger partial charge in [0.2, 0.25) is 0 Å². The summed E-state index contributed by atoms with van der Waals surface area (Å²) in [5.74, 6) is -0.601. The number of amides is 3. The van der Waals surface area contributed by atoms with Crippen LogP contribution in [0.3, 0.4) is 0 Å². The van der Waals surface area contributed by atoms with Crippen molar-refractivity contribution in [2.24, 2.45) is 0 Å². The molecule has 146 valence electrons. The molecule has 6 nitrogen and oxygen atoms in total. The highest BCUT2D eigenvalue weighted by Gasteiger charge is 2.36. The van der Waals surface area contributed by atoms with Crippen molar-refractivity contribution in [3.63, 3.8) is 0 Å². The van der Waals surface area contributed by atoms with Gasteiger partial charge < -0.3 is 9.47 Å². The first-order chi connectivity index (χ1) is 13.6. The number of nitrogens with zero attached hydrogens (tertiary/aromatic N) is 3. The van der Waals surface area contributed by atoms with Crippen LogP contribution in [0.25, 0.3) is 0 Å². The number of hydrogen-bond donors (Lipinski definition) is 0. The minimum atomic E-state index is -0.283. The van der Waals surface area contributed by atoms with Crippen LogP contribution < -0.4 is 0 Å². The first-order valence-electron chi connectivity index (χ1n) is 10.0. The van der Waals surface area contributed by atoms with Crippen molar-refractivity contribution < 1.29 is 14.4 Å². The Kier molecular flexibility index (Phi) is 5.03. The van der Waals surface area contributed by atoms with E-state index in [4.69, 9.17) is 0 Å². The molecule has 1 fully saturated rings. The molecule has 1 aromatic carbocycles. The lowest BCUT2D eigenvalue weighted by atomic mass is 10.0. The number of fused-ring (bicyclic) bond motifs is 1. The van der Waals surface area contributed by atoms with Crippen molar-refractivity contribution in [1.29, 1.82) is 0 Å². The second kappa shape index (κ2) is 7.62. The molecule has 2 aliphatic rings. The Labute approximate surface area is 164 Å². The molecule has 0 unspecified atom stereocenters. The van der Waals surface area contributed by atoms with E-state index in [9.17, 15) is 14.4 Å². The van der Waals surface area contributed by atoms with Gasteiger partial charge >= 0.3 is 0 Å².